The van der Waals surface area contributed by atoms with Crippen molar-refractivity contribution in [1.82, 2.24) is 24.6 Å². The highest BCUT2D eigenvalue weighted by Crippen LogP contribution is 2.29. The number of aliphatic hydroxyl groups excluding tert-OH is 1. The minimum Gasteiger partial charge on any atom is -0.393 e. The number of hydrogen-bond acceptors (Lipinski definition) is 6. The molecule has 7 nitrogen and oxygen atoms in total. The lowest BCUT2D eigenvalue weighted by atomic mass is 9.96. The zero-order chi connectivity index (χ0) is 18.8. The lowest BCUT2D eigenvalue weighted by molar-refractivity contribution is 0.0775. The first-order chi connectivity index (χ1) is 13.1. The minimum absolute atomic E-state index is 0.138. The summed E-state index contributed by atoms with van der Waals surface area (Å²) in [4.78, 5) is 9.13. The van der Waals surface area contributed by atoms with E-state index in [1.807, 2.05) is 13.1 Å². The molecule has 1 atom stereocenters. The summed E-state index contributed by atoms with van der Waals surface area (Å²) in [6.45, 7) is 6.78. The Kier molecular flexibility index (Phi) is 5.41. The Labute approximate surface area is 161 Å². The van der Waals surface area contributed by atoms with Crippen molar-refractivity contribution in [2.45, 2.75) is 51.2 Å². The lowest BCUT2D eigenvalue weighted by Gasteiger charge is -2.34. The van der Waals surface area contributed by atoms with Crippen molar-refractivity contribution in [3.05, 3.63) is 35.7 Å². The minimum atomic E-state index is -0.138. The van der Waals surface area contributed by atoms with Gasteiger partial charge >= 0.3 is 0 Å². The van der Waals surface area contributed by atoms with Crippen LogP contribution in [0, 0.1) is 6.92 Å². The van der Waals surface area contributed by atoms with E-state index in [0.717, 1.165) is 75.7 Å². The Morgan fingerprint density at radius 3 is 2.74 bits per heavy atom. The number of likely N-dealkylation sites (tertiary alicyclic amines) is 1. The normalized spacial score (nSPS) is 22.3. The number of nitrogens with zero attached hydrogens (tertiary/aromatic N) is 6. The van der Waals surface area contributed by atoms with E-state index in [2.05, 4.69) is 48.7 Å². The molecule has 0 saturated carbocycles. The van der Waals surface area contributed by atoms with Crippen LogP contribution in [-0.2, 0) is 13.6 Å². The molecule has 0 amide bonds. The average Bonchev–Trinajstić information content (AvgIpc) is 3.04. The molecule has 0 unspecified atom stereocenters. The summed E-state index contributed by atoms with van der Waals surface area (Å²) >= 11 is 0. The van der Waals surface area contributed by atoms with Crippen molar-refractivity contribution in [2.24, 2.45) is 7.05 Å². The van der Waals surface area contributed by atoms with Crippen LogP contribution in [0.4, 0.5) is 5.69 Å². The van der Waals surface area contributed by atoms with E-state index in [1.54, 1.807) is 0 Å². The highest BCUT2D eigenvalue weighted by atomic mass is 16.3. The second-order valence-electron chi connectivity index (χ2n) is 7.98. The van der Waals surface area contributed by atoms with Gasteiger partial charge in [-0.1, -0.05) is 0 Å². The fourth-order valence-corrected chi connectivity index (χ4v) is 4.30. The van der Waals surface area contributed by atoms with Gasteiger partial charge in [0.1, 0.15) is 11.6 Å². The molecule has 0 aromatic carbocycles. The first kappa shape index (κ1) is 18.4. The SMILES string of the molecule is Cc1cc(N2CCC[C@@H](c3nnc(CN4CCC(O)CC4)n3C)C2)ccn1. The van der Waals surface area contributed by atoms with Gasteiger partial charge in [0.05, 0.1) is 12.6 Å². The van der Waals surface area contributed by atoms with Gasteiger partial charge in [-0.15, -0.1) is 10.2 Å². The first-order valence-corrected chi connectivity index (χ1v) is 10.1. The molecule has 2 fully saturated rings. The van der Waals surface area contributed by atoms with Crippen molar-refractivity contribution in [3.8, 4) is 0 Å². The Morgan fingerprint density at radius 1 is 1.15 bits per heavy atom. The topological polar surface area (TPSA) is 70.3 Å². The molecule has 27 heavy (non-hydrogen) atoms. The highest BCUT2D eigenvalue weighted by Gasteiger charge is 2.27. The summed E-state index contributed by atoms with van der Waals surface area (Å²) in [5.74, 6) is 2.53. The third-order valence-corrected chi connectivity index (χ3v) is 5.95. The van der Waals surface area contributed by atoms with Crippen molar-refractivity contribution in [1.29, 1.82) is 0 Å². The molecule has 2 aromatic rings. The van der Waals surface area contributed by atoms with Crippen molar-refractivity contribution in [2.75, 3.05) is 31.1 Å². The smallest absolute Gasteiger partial charge is 0.146 e. The molecule has 0 radical (unpaired) electrons. The Balaban J connectivity index is 1.44. The van der Waals surface area contributed by atoms with Crippen LogP contribution in [0.1, 0.15) is 48.9 Å². The van der Waals surface area contributed by atoms with Gasteiger partial charge in [-0.05, 0) is 44.7 Å². The van der Waals surface area contributed by atoms with E-state index >= 15 is 0 Å². The molecule has 0 aliphatic carbocycles. The summed E-state index contributed by atoms with van der Waals surface area (Å²) in [5.41, 5.74) is 2.31. The van der Waals surface area contributed by atoms with Gasteiger partial charge in [0.25, 0.3) is 0 Å². The highest BCUT2D eigenvalue weighted by molar-refractivity contribution is 5.47. The van der Waals surface area contributed by atoms with Gasteiger partial charge in [-0.25, -0.2) is 0 Å². The summed E-state index contributed by atoms with van der Waals surface area (Å²) in [6, 6.07) is 4.26. The van der Waals surface area contributed by atoms with Crippen LogP contribution in [0.15, 0.2) is 18.3 Å². The van der Waals surface area contributed by atoms with E-state index in [-0.39, 0.29) is 6.10 Å². The number of piperidine rings is 2. The van der Waals surface area contributed by atoms with Crippen molar-refractivity contribution in [3.63, 3.8) is 0 Å². The molecule has 146 valence electrons. The van der Waals surface area contributed by atoms with Crippen LogP contribution >= 0.6 is 0 Å². The number of aryl methyl sites for hydroxylation is 1. The number of anilines is 1. The van der Waals surface area contributed by atoms with E-state index < -0.39 is 0 Å². The maximum absolute atomic E-state index is 9.69. The largest absolute Gasteiger partial charge is 0.393 e. The number of aromatic nitrogens is 4. The Hall–Kier alpha value is -1.99. The summed E-state index contributed by atoms with van der Waals surface area (Å²) < 4.78 is 2.19. The van der Waals surface area contributed by atoms with Gasteiger partial charge < -0.3 is 14.6 Å². The number of rotatable bonds is 4. The molecule has 2 aromatic heterocycles. The van der Waals surface area contributed by atoms with Gasteiger partial charge in [-0.2, -0.15) is 0 Å². The van der Waals surface area contributed by atoms with Crippen molar-refractivity contribution < 1.29 is 5.11 Å². The Bertz CT molecular complexity index is 768. The second-order valence-corrected chi connectivity index (χ2v) is 7.98. The van der Waals surface area contributed by atoms with Crippen LogP contribution in [0.2, 0.25) is 0 Å². The van der Waals surface area contributed by atoms with Crippen LogP contribution in [0.3, 0.4) is 0 Å². The molecular weight excluding hydrogens is 340 g/mol. The van der Waals surface area contributed by atoms with E-state index in [0.29, 0.717) is 5.92 Å². The molecule has 7 heteroatoms. The zero-order valence-electron chi connectivity index (χ0n) is 16.4. The quantitative estimate of drug-likeness (QED) is 0.886. The van der Waals surface area contributed by atoms with Crippen LogP contribution < -0.4 is 4.90 Å². The second kappa shape index (κ2) is 7.94. The number of aliphatic hydroxyl groups is 1. The molecule has 2 aliphatic heterocycles. The predicted octanol–water partition coefficient (Wildman–Crippen LogP) is 1.86. The van der Waals surface area contributed by atoms with Crippen LogP contribution in [0.25, 0.3) is 0 Å². The third kappa shape index (κ3) is 4.14. The Morgan fingerprint density at radius 2 is 1.96 bits per heavy atom. The van der Waals surface area contributed by atoms with Gasteiger partial charge in [0.2, 0.25) is 0 Å². The lowest BCUT2D eigenvalue weighted by Crippen LogP contribution is -2.36. The maximum Gasteiger partial charge on any atom is 0.146 e. The zero-order valence-corrected chi connectivity index (χ0v) is 16.4. The monoisotopic (exact) mass is 370 g/mol. The van der Waals surface area contributed by atoms with Gasteiger partial charge in [0.15, 0.2) is 0 Å². The molecule has 2 saturated heterocycles. The maximum atomic E-state index is 9.69. The third-order valence-electron chi connectivity index (χ3n) is 5.95. The summed E-state index contributed by atoms with van der Waals surface area (Å²) in [5, 5.41) is 18.7. The number of pyridine rings is 1. The van der Waals surface area contributed by atoms with E-state index in [1.165, 1.54) is 5.69 Å². The van der Waals surface area contributed by atoms with E-state index in [9.17, 15) is 5.11 Å². The van der Waals surface area contributed by atoms with Crippen molar-refractivity contribution >= 4 is 5.69 Å². The van der Waals surface area contributed by atoms with Gasteiger partial charge in [0, 0.05) is 56.7 Å². The van der Waals surface area contributed by atoms with E-state index in [4.69, 9.17) is 0 Å². The molecular formula is C20H30N6O. The molecule has 4 rings (SSSR count). The van der Waals surface area contributed by atoms with Gasteiger partial charge in [-0.3, -0.25) is 9.88 Å². The molecule has 1 N–H and O–H groups in total. The molecule has 0 spiro atoms. The standard InChI is InChI=1S/C20H30N6O/c1-15-12-17(5-8-21-15)26-9-3-4-16(13-26)20-23-22-19(24(20)2)14-25-10-6-18(27)7-11-25/h5,8,12,16,18,27H,3-4,6-7,9-11,13-14H2,1-2H3/t16-/m1/s1. The summed E-state index contributed by atoms with van der Waals surface area (Å²) in [6.07, 6.45) is 5.79. The van der Waals surface area contributed by atoms with Crippen LogP contribution in [-0.4, -0.2) is 62.0 Å². The molecule has 4 heterocycles. The predicted molar refractivity (Wildman–Crippen MR) is 105 cm³/mol. The average molecular weight is 371 g/mol. The van der Waals surface area contributed by atoms with Crippen LogP contribution in [0.5, 0.6) is 0 Å². The summed E-state index contributed by atoms with van der Waals surface area (Å²) in [7, 11) is 2.10. The fourth-order valence-electron chi connectivity index (χ4n) is 4.30. The first-order valence-electron chi connectivity index (χ1n) is 10.1. The molecule has 2 aliphatic rings. The fraction of sp³-hybridized carbons (Fsp3) is 0.650. The number of hydrogen-bond donors (Lipinski definition) is 1. The molecule has 0 bridgehead atoms.